The van der Waals surface area contributed by atoms with E-state index in [1.807, 2.05) is 0 Å². The molecule has 0 aromatic heterocycles. The molecule has 0 aromatic rings. The molecular weight excluding hydrogens is 96.1 g/mol. The summed E-state index contributed by atoms with van der Waals surface area (Å²) in [6.07, 6.45) is 8.59. The topological polar surface area (TPSA) is 0 Å². The van der Waals surface area contributed by atoms with Crippen LogP contribution in [0.4, 0.5) is 0 Å². The van der Waals surface area contributed by atoms with Crippen LogP contribution in [0.5, 0.6) is 0 Å². The smallest absolute Gasteiger partial charge is 0.0351 e. The van der Waals surface area contributed by atoms with Gasteiger partial charge in [-0.25, -0.2) is 0 Å². The van der Waals surface area contributed by atoms with Crippen molar-refractivity contribution in [1.82, 2.24) is 0 Å². The summed E-state index contributed by atoms with van der Waals surface area (Å²) in [5.41, 5.74) is 0. The molecule has 0 heteroatoms. The van der Waals surface area contributed by atoms with Crippen LogP contribution in [-0.2, 0) is 0 Å². The van der Waals surface area contributed by atoms with Gasteiger partial charge in [0.15, 0.2) is 0 Å². The number of rotatable bonds is 4. The van der Waals surface area contributed by atoms with E-state index in [0.717, 1.165) is 12.8 Å². The quantitative estimate of drug-likeness (QED) is 0.385. The van der Waals surface area contributed by atoms with E-state index in [1.54, 1.807) is 0 Å². The van der Waals surface area contributed by atoms with E-state index in [-0.39, 0.29) is 0 Å². The molecule has 0 bridgehead atoms. The van der Waals surface area contributed by atoms with Crippen molar-refractivity contribution in [1.29, 1.82) is 0 Å². The Labute approximate surface area is 52.6 Å². The van der Waals surface area contributed by atoms with Crippen LogP contribution in [0.2, 0.25) is 0 Å². The van der Waals surface area contributed by atoms with Crippen molar-refractivity contribution in [3.8, 4) is 0 Å². The summed E-state index contributed by atoms with van der Waals surface area (Å²) in [6.45, 7) is 7.41. The van der Waals surface area contributed by atoms with Crippen molar-refractivity contribution in [2.24, 2.45) is 0 Å². The maximum atomic E-state index is 3.73. The SMILES string of the molecule is [CH2]C/C=C/CCC[CH2]. The summed E-state index contributed by atoms with van der Waals surface area (Å²) in [5, 5.41) is 0. The summed E-state index contributed by atoms with van der Waals surface area (Å²) in [4.78, 5) is 0. The minimum atomic E-state index is 0.914. The first kappa shape index (κ1) is 7.74. The fourth-order valence-corrected chi connectivity index (χ4v) is 0.498. The minimum absolute atomic E-state index is 0.914. The number of hydrogen-bond donors (Lipinski definition) is 0. The fourth-order valence-electron chi connectivity index (χ4n) is 0.498. The Hall–Kier alpha value is -0.260. The van der Waals surface area contributed by atoms with Gasteiger partial charge >= 0.3 is 0 Å². The molecule has 0 spiro atoms. The second-order valence-electron chi connectivity index (χ2n) is 1.76. The van der Waals surface area contributed by atoms with E-state index in [2.05, 4.69) is 26.0 Å². The lowest BCUT2D eigenvalue weighted by Crippen LogP contribution is -1.65. The normalized spacial score (nSPS) is 10.8. The molecule has 0 rings (SSSR count). The van der Waals surface area contributed by atoms with Crippen LogP contribution in [0.1, 0.15) is 25.7 Å². The average molecular weight is 110 g/mol. The molecule has 0 N–H and O–H groups in total. The highest BCUT2D eigenvalue weighted by atomic mass is 13.8. The molecule has 0 aromatic carbocycles. The Morgan fingerprint density at radius 3 is 2.38 bits per heavy atom. The third-order valence-corrected chi connectivity index (χ3v) is 0.954. The van der Waals surface area contributed by atoms with Crippen LogP contribution in [0.15, 0.2) is 12.2 Å². The molecule has 2 radical (unpaired) electrons. The van der Waals surface area contributed by atoms with Gasteiger partial charge in [0.1, 0.15) is 0 Å². The summed E-state index contributed by atoms with van der Waals surface area (Å²) in [6, 6.07) is 0. The molecule has 0 saturated carbocycles. The van der Waals surface area contributed by atoms with Crippen molar-refractivity contribution in [3.05, 3.63) is 26.0 Å². The zero-order chi connectivity index (χ0) is 6.24. The zero-order valence-corrected chi connectivity index (χ0v) is 5.40. The first-order valence-electron chi connectivity index (χ1n) is 3.15. The van der Waals surface area contributed by atoms with Crippen molar-refractivity contribution in [2.45, 2.75) is 25.7 Å². The second kappa shape index (κ2) is 6.74. The summed E-state index contributed by atoms with van der Waals surface area (Å²) < 4.78 is 0. The lowest BCUT2D eigenvalue weighted by atomic mass is 10.2. The van der Waals surface area contributed by atoms with Crippen LogP contribution in [0.25, 0.3) is 0 Å². The van der Waals surface area contributed by atoms with E-state index in [0.29, 0.717) is 0 Å². The van der Waals surface area contributed by atoms with Gasteiger partial charge in [-0.15, -0.1) is 0 Å². The van der Waals surface area contributed by atoms with Crippen molar-refractivity contribution in [3.63, 3.8) is 0 Å². The highest BCUT2D eigenvalue weighted by molar-refractivity contribution is 4.81. The third-order valence-electron chi connectivity index (χ3n) is 0.954. The summed E-state index contributed by atoms with van der Waals surface area (Å²) in [7, 11) is 0. The Bertz CT molecular complexity index is 53.1. The lowest BCUT2D eigenvalue weighted by Gasteiger charge is -1.85. The lowest BCUT2D eigenvalue weighted by molar-refractivity contribution is 0.864. The highest BCUT2D eigenvalue weighted by Gasteiger charge is 1.74. The predicted octanol–water partition coefficient (Wildman–Crippen LogP) is 2.77. The summed E-state index contributed by atoms with van der Waals surface area (Å²) in [5.74, 6) is 0. The van der Waals surface area contributed by atoms with Gasteiger partial charge in [0.05, 0.1) is 0 Å². The standard InChI is InChI=1S/C8H14/c1-3-5-7-8-6-4-2/h5,7H,1-4,6,8H2/b7-5+. The first-order valence-corrected chi connectivity index (χ1v) is 3.15. The monoisotopic (exact) mass is 110 g/mol. The van der Waals surface area contributed by atoms with E-state index < -0.39 is 0 Å². The molecule has 0 atom stereocenters. The Balaban J connectivity index is 2.80. The molecule has 8 heavy (non-hydrogen) atoms. The molecule has 0 fully saturated rings. The Kier molecular flexibility index (Phi) is 6.52. The van der Waals surface area contributed by atoms with Gasteiger partial charge in [0.2, 0.25) is 0 Å². The largest absolute Gasteiger partial charge is 0.0885 e. The molecule has 0 aliphatic heterocycles. The fraction of sp³-hybridized carbons (Fsp3) is 0.500. The second-order valence-corrected chi connectivity index (χ2v) is 1.76. The van der Waals surface area contributed by atoms with Gasteiger partial charge in [-0.1, -0.05) is 25.5 Å². The van der Waals surface area contributed by atoms with Crippen LogP contribution in [0.3, 0.4) is 0 Å². The molecule has 0 amide bonds. The molecule has 0 unspecified atom stereocenters. The zero-order valence-electron chi connectivity index (χ0n) is 5.40. The van der Waals surface area contributed by atoms with Gasteiger partial charge in [-0.05, 0) is 26.2 Å². The maximum Gasteiger partial charge on any atom is -0.0351 e. The molecule has 0 aliphatic rings. The van der Waals surface area contributed by atoms with Crippen molar-refractivity contribution in [2.75, 3.05) is 0 Å². The van der Waals surface area contributed by atoms with Gasteiger partial charge in [0.25, 0.3) is 0 Å². The Morgan fingerprint density at radius 2 is 1.88 bits per heavy atom. The van der Waals surface area contributed by atoms with Crippen LogP contribution in [0, 0.1) is 13.8 Å². The maximum absolute atomic E-state index is 3.73. The number of hydrogen-bond acceptors (Lipinski definition) is 0. The average Bonchev–Trinajstić information content (AvgIpc) is 1.81. The van der Waals surface area contributed by atoms with E-state index in [1.165, 1.54) is 12.8 Å². The number of allylic oxidation sites excluding steroid dienone is 2. The van der Waals surface area contributed by atoms with Crippen molar-refractivity contribution < 1.29 is 0 Å². The highest BCUT2D eigenvalue weighted by Crippen LogP contribution is 1.94. The van der Waals surface area contributed by atoms with E-state index >= 15 is 0 Å². The van der Waals surface area contributed by atoms with Crippen LogP contribution < -0.4 is 0 Å². The van der Waals surface area contributed by atoms with E-state index in [4.69, 9.17) is 0 Å². The molecule has 0 nitrogen and oxygen atoms in total. The van der Waals surface area contributed by atoms with Crippen LogP contribution in [-0.4, -0.2) is 0 Å². The molecule has 0 aliphatic carbocycles. The molecular formula is C8H14. The summed E-state index contributed by atoms with van der Waals surface area (Å²) >= 11 is 0. The van der Waals surface area contributed by atoms with Gasteiger partial charge in [-0.3, -0.25) is 0 Å². The minimum Gasteiger partial charge on any atom is -0.0885 e. The first-order chi connectivity index (χ1) is 3.91. The molecule has 0 heterocycles. The number of unbranched alkanes of at least 4 members (excludes halogenated alkanes) is 2. The van der Waals surface area contributed by atoms with E-state index in [9.17, 15) is 0 Å². The molecule has 0 saturated heterocycles. The van der Waals surface area contributed by atoms with Crippen molar-refractivity contribution >= 4 is 0 Å². The predicted molar refractivity (Wildman–Crippen MR) is 38.3 cm³/mol. The van der Waals surface area contributed by atoms with Gasteiger partial charge in [-0.2, -0.15) is 0 Å². The van der Waals surface area contributed by atoms with Crippen LogP contribution >= 0.6 is 0 Å². The molecule has 46 valence electrons. The van der Waals surface area contributed by atoms with Gasteiger partial charge in [0, 0.05) is 0 Å². The van der Waals surface area contributed by atoms with Gasteiger partial charge < -0.3 is 0 Å². The third kappa shape index (κ3) is 5.74. The Morgan fingerprint density at radius 1 is 1.12 bits per heavy atom.